The number of carbonyl (C=O) groups excluding carboxylic acids is 1. The molecule has 4 atom stereocenters. The first kappa shape index (κ1) is 12.9. The van der Waals surface area contributed by atoms with Gasteiger partial charge in [-0.05, 0) is 43.9 Å². The lowest BCUT2D eigenvalue weighted by Gasteiger charge is -2.28. The highest BCUT2D eigenvalue weighted by Gasteiger charge is 2.42. The lowest BCUT2D eigenvalue weighted by molar-refractivity contribution is 0.221. The van der Waals surface area contributed by atoms with E-state index in [9.17, 15) is 4.79 Å². The minimum absolute atomic E-state index is 0.0825. The van der Waals surface area contributed by atoms with Gasteiger partial charge in [0.2, 0.25) is 0 Å². The van der Waals surface area contributed by atoms with Gasteiger partial charge in [0, 0.05) is 10.5 Å². The summed E-state index contributed by atoms with van der Waals surface area (Å²) in [6, 6.07) is 0.203. The van der Waals surface area contributed by atoms with E-state index in [1.54, 1.807) is 0 Å². The van der Waals surface area contributed by atoms with Crippen molar-refractivity contribution < 1.29 is 4.79 Å². The van der Waals surface area contributed by atoms with E-state index in [2.05, 4.69) is 40.1 Å². The van der Waals surface area contributed by atoms with Crippen LogP contribution in [-0.2, 0) is 0 Å². The van der Waals surface area contributed by atoms with Crippen LogP contribution in [0.1, 0.15) is 32.6 Å². The summed E-state index contributed by atoms with van der Waals surface area (Å²) in [6.45, 7) is 6.30. The molecule has 0 aromatic rings. The maximum absolute atomic E-state index is 11.6. The molecular formula is C13H21BrN2O. The van der Waals surface area contributed by atoms with Crippen LogP contribution in [0.3, 0.4) is 0 Å². The molecule has 2 fully saturated rings. The summed E-state index contributed by atoms with van der Waals surface area (Å²) in [7, 11) is 0. The molecular weight excluding hydrogens is 280 g/mol. The Morgan fingerprint density at radius 1 is 1.47 bits per heavy atom. The normalized spacial score (nSPS) is 32.2. The summed E-state index contributed by atoms with van der Waals surface area (Å²) in [5.74, 6) is 2.47. The third-order valence-electron chi connectivity index (χ3n) is 4.23. The first-order valence-electron chi connectivity index (χ1n) is 6.44. The van der Waals surface area contributed by atoms with E-state index in [-0.39, 0.29) is 12.1 Å². The number of halogens is 1. The number of hydrogen-bond acceptors (Lipinski definition) is 1. The molecule has 0 unspecified atom stereocenters. The van der Waals surface area contributed by atoms with Crippen molar-refractivity contribution in [2.45, 2.75) is 38.6 Å². The zero-order valence-electron chi connectivity index (χ0n) is 10.3. The quantitative estimate of drug-likeness (QED) is 0.823. The molecule has 2 rings (SSSR count). The maximum Gasteiger partial charge on any atom is 0.315 e. The largest absolute Gasteiger partial charge is 0.335 e. The summed E-state index contributed by atoms with van der Waals surface area (Å²) in [5.41, 5.74) is 0. The molecule has 17 heavy (non-hydrogen) atoms. The molecule has 2 amide bonds. The summed E-state index contributed by atoms with van der Waals surface area (Å²) >= 11 is 3.22. The zero-order chi connectivity index (χ0) is 12.4. The molecule has 2 saturated carbocycles. The SMILES string of the molecule is C=C(Br)CNC(=O)N[C@@H](C)[C@H]1C[C@H]2CC[C@H]1C2. The van der Waals surface area contributed by atoms with Crippen LogP contribution >= 0.6 is 15.9 Å². The average molecular weight is 301 g/mol. The Morgan fingerprint density at radius 2 is 2.24 bits per heavy atom. The first-order valence-corrected chi connectivity index (χ1v) is 7.23. The number of carbonyl (C=O) groups is 1. The van der Waals surface area contributed by atoms with Crippen LogP contribution in [0, 0.1) is 17.8 Å². The monoisotopic (exact) mass is 300 g/mol. The van der Waals surface area contributed by atoms with Crippen LogP contribution in [0.15, 0.2) is 11.1 Å². The van der Waals surface area contributed by atoms with Gasteiger partial charge in [-0.2, -0.15) is 0 Å². The molecule has 0 aromatic carbocycles. The molecule has 3 nitrogen and oxygen atoms in total. The van der Waals surface area contributed by atoms with E-state index in [4.69, 9.17) is 0 Å². The zero-order valence-corrected chi connectivity index (χ0v) is 11.9. The Kier molecular flexibility index (Phi) is 4.13. The molecule has 2 aliphatic carbocycles. The summed E-state index contributed by atoms with van der Waals surface area (Å²) in [4.78, 5) is 11.6. The van der Waals surface area contributed by atoms with E-state index in [1.807, 2.05) is 0 Å². The topological polar surface area (TPSA) is 41.1 Å². The third-order valence-corrected chi connectivity index (χ3v) is 4.51. The molecule has 2 N–H and O–H groups in total. The Bertz CT molecular complexity index is 319. The average Bonchev–Trinajstić information content (AvgIpc) is 2.87. The smallest absolute Gasteiger partial charge is 0.315 e. The van der Waals surface area contributed by atoms with Crippen molar-refractivity contribution in [3.8, 4) is 0 Å². The van der Waals surface area contributed by atoms with Crippen molar-refractivity contribution in [1.29, 1.82) is 0 Å². The van der Waals surface area contributed by atoms with Crippen LogP contribution in [0.2, 0.25) is 0 Å². The van der Waals surface area contributed by atoms with Gasteiger partial charge >= 0.3 is 6.03 Å². The number of rotatable bonds is 4. The third kappa shape index (κ3) is 3.24. The van der Waals surface area contributed by atoms with Gasteiger partial charge < -0.3 is 10.6 Å². The fourth-order valence-electron chi connectivity index (χ4n) is 3.45. The molecule has 96 valence electrons. The Labute approximate surface area is 112 Å². The highest BCUT2D eigenvalue weighted by atomic mass is 79.9. The van der Waals surface area contributed by atoms with E-state index in [1.165, 1.54) is 25.7 Å². The number of urea groups is 1. The first-order chi connectivity index (χ1) is 8.06. The predicted molar refractivity (Wildman–Crippen MR) is 73.0 cm³/mol. The van der Waals surface area contributed by atoms with Crippen molar-refractivity contribution >= 4 is 22.0 Å². The lowest BCUT2D eigenvalue weighted by Crippen LogP contribution is -2.45. The Balaban J connectivity index is 1.75. The van der Waals surface area contributed by atoms with E-state index >= 15 is 0 Å². The van der Waals surface area contributed by atoms with Crippen LogP contribution in [0.25, 0.3) is 0 Å². The minimum Gasteiger partial charge on any atom is -0.335 e. The molecule has 0 aromatic heterocycles. The van der Waals surface area contributed by atoms with Gasteiger partial charge in [0.15, 0.2) is 0 Å². The highest BCUT2D eigenvalue weighted by molar-refractivity contribution is 9.11. The summed E-state index contributed by atoms with van der Waals surface area (Å²) in [5, 5.41) is 5.83. The van der Waals surface area contributed by atoms with Crippen molar-refractivity contribution in [3.05, 3.63) is 11.1 Å². The molecule has 2 bridgehead atoms. The number of fused-ring (bicyclic) bond motifs is 2. The van der Waals surface area contributed by atoms with Gasteiger partial charge in [0.25, 0.3) is 0 Å². The van der Waals surface area contributed by atoms with E-state index in [0.717, 1.165) is 16.3 Å². The molecule has 0 aliphatic heterocycles. The second-order valence-corrected chi connectivity index (χ2v) is 6.59. The van der Waals surface area contributed by atoms with Crippen LogP contribution in [0.5, 0.6) is 0 Å². The molecule has 0 radical (unpaired) electrons. The van der Waals surface area contributed by atoms with Crippen molar-refractivity contribution in [1.82, 2.24) is 10.6 Å². The number of hydrogen-bond donors (Lipinski definition) is 2. The lowest BCUT2D eigenvalue weighted by atomic mass is 9.84. The fourth-order valence-corrected chi connectivity index (χ4v) is 3.59. The summed E-state index contributed by atoms with van der Waals surface area (Å²) in [6.07, 6.45) is 5.46. The van der Waals surface area contributed by atoms with E-state index in [0.29, 0.717) is 12.5 Å². The van der Waals surface area contributed by atoms with Gasteiger partial charge in [0.1, 0.15) is 0 Å². The number of nitrogens with one attached hydrogen (secondary N) is 2. The molecule has 4 heteroatoms. The number of amides is 2. The fraction of sp³-hybridized carbons (Fsp3) is 0.769. The molecule has 0 saturated heterocycles. The minimum atomic E-state index is -0.0825. The Hall–Kier alpha value is -0.510. The van der Waals surface area contributed by atoms with Gasteiger partial charge in [-0.1, -0.05) is 28.9 Å². The van der Waals surface area contributed by atoms with Gasteiger partial charge in [-0.15, -0.1) is 0 Å². The van der Waals surface area contributed by atoms with Crippen LogP contribution in [0.4, 0.5) is 4.79 Å². The Morgan fingerprint density at radius 3 is 2.76 bits per heavy atom. The van der Waals surface area contributed by atoms with Crippen molar-refractivity contribution in [2.75, 3.05) is 6.54 Å². The molecule has 0 spiro atoms. The predicted octanol–water partition coefficient (Wildman–Crippen LogP) is 3.02. The van der Waals surface area contributed by atoms with Gasteiger partial charge in [-0.25, -0.2) is 4.79 Å². The maximum atomic E-state index is 11.6. The molecule has 2 aliphatic rings. The van der Waals surface area contributed by atoms with Crippen LogP contribution in [-0.4, -0.2) is 18.6 Å². The standard InChI is InChI=1S/C13H21BrN2O/c1-8(14)7-15-13(17)16-9(2)12-6-10-3-4-11(12)5-10/h9-12H,1,3-7H2,2H3,(H2,15,16,17)/t9-,10-,11-,12+/m0/s1. The van der Waals surface area contributed by atoms with Crippen molar-refractivity contribution in [2.24, 2.45) is 17.8 Å². The summed E-state index contributed by atoms with van der Waals surface area (Å²) < 4.78 is 0.792. The van der Waals surface area contributed by atoms with Crippen molar-refractivity contribution in [3.63, 3.8) is 0 Å². The highest BCUT2D eigenvalue weighted by Crippen LogP contribution is 2.49. The van der Waals surface area contributed by atoms with Crippen LogP contribution < -0.4 is 10.6 Å². The second kappa shape index (κ2) is 5.42. The molecule has 0 heterocycles. The van der Waals surface area contributed by atoms with E-state index < -0.39 is 0 Å². The van der Waals surface area contributed by atoms with Gasteiger partial charge in [0.05, 0.1) is 6.54 Å². The second-order valence-electron chi connectivity index (χ2n) is 5.47. The van der Waals surface area contributed by atoms with Gasteiger partial charge in [-0.3, -0.25) is 0 Å².